The van der Waals surface area contributed by atoms with Crippen molar-refractivity contribution in [3.63, 3.8) is 0 Å². The first-order valence-electron chi connectivity index (χ1n) is 2.55. The van der Waals surface area contributed by atoms with Crippen LogP contribution in [-0.2, 0) is 11.2 Å². The van der Waals surface area contributed by atoms with Gasteiger partial charge in [0.25, 0.3) is 0 Å². The van der Waals surface area contributed by atoms with E-state index in [4.69, 9.17) is 0 Å². The van der Waals surface area contributed by atoms with Gasteiger partial charge in [-0.3, -0.25) is 4.79 Å². The lowest BCUT2D eigenvalue weighted by Gasteiger charge is -1.81. The van der Waals surface area contributed by atoms with E-state index in [-0.39, 0.29) is 0 Å². The topological polar surface area (TPSA) is 42.9 Å². The van der Waals surface area contributed by atoms with E-state index >= 15 is 0 Å². The van der Waals surface area contributed by atoms with Crippen molar-refractivity contribution in [1.29, 1.82) is 0 Å². The maximum atomic E-state index is 9.73. The van der Waals surface area contributed by atoms with Crippen LogP contribution in [0.2, 0.25) is 0 Å². The maximum absolute atomic E-state index is 9.73. The highest BCUT2D eigenvalue weighted by Gasteiger charge is 1.93. The van der Waals surface area contributed by atoms with Crippen LogP contribution in [0, 0.1) is 0 Å². The van der Waals surface area contributed by atoms with Crippen LogP contribution >= 0.6 is 11.7 Å². The van der Waals surface area contributed by atoms with Crippen LogP contribution in [0.25, 0.3) is 0 Å². The largest absolute Gasteiger partial charge is 0.291 e. The maximum Gasteiger partial charge on any atom is 0.198 e. The molecular weight excluding hydrogens is 136 g/mol. The molecule has 3 nitrogen and oxygen atoms in total. The third kappa shape index (κ3) is 1.89. The minimum atomic E-state index is 0.422. The Morgan fingerprint density at radius 1 is 1.78 bits per heavy atom. The highest BCUT2D eigenvalue weighted by atomic mass is 32.1. The number of rotatable bonds is 3. The SMILES string of the molecule is O=[C]CCc1cnsn1. The predicted molar refractivity (Wildman–Crippen MR) is 33.9 cm³/mol. The van der Waals surface area contributed by atoms with E-state index in [1.807, 2.05) is 0 Å². The zero-order valence-electron chi connectivity index (χ0n) is 4.70. The van der Waals surface area contributed by atoms with Gasteiger partial charge in [0, 0.05) is 6.42 Å². The van der Waals surface area contributed by atoms with Crippen molar-refractivity contribution in [1.82, 2.24) is 8.75 Å². The molecule has 47 valence electrons. The van der Waals surface area contributed by atoms with Gasteiger partial charge in [-0.15, -0.1) is 0 Å². The van der Waals surface area contributed by atoms with Crippen LogP contribution in [0.5, 0.6) is 0 Å². The molecule has 0 N–H and O–H groups in total. The number of carbonyl (C=O) groups excluding carboxylic acids is 1. The van der Waals surface area contributed by atoms with Crippen LogP contribution in [0.4, 0.5) is 0 Å². The van der Waals surface area contributed by atoms with Gasteiger partial charge in [0.1, 0.15) is 0 Å². The molecule has 0 aliphatic carbocycles. The van der Waals surface area contributed by atoms with Crippen molar-refractivity contribution in [3.8, 4) is 0 Å². The number of aryl methyl sites for hydroxylation is 1. The van der Waals surface area contributed by atoms with E-state index in [2.05, 4.69) is 8.75 Å². The number of nitrogens with zero attached hydrogens (tertiary/aromatic N) is 2. The minimum absolute atomic E-state index is 0.422. The molecular formula is C5H5N2OS. The van der Waals surface area contributed by atoms with Gasteiger partial charge in [-0.05, 0) is 6.42 Å². The molecule has 1 heterocycles. The smallest absolute Gasteiger partial charge is 0.198 e. The molecule has 0 spiro atoms. The molecule has 0 aromatic carbocycles. The van der Waals surface area contributed by atoms with Gasteiger partial charge in [0.2, 0.25) is 0 Å². The second-order valence-corrected chi connectivity index (χ2v) is 2.10. The van der Waals surface area contributed by atoms with Crippen LogP contribution in [0.3, 0.4) is 0 Å². The molecule has 4 heteroatoms. The Kier molecular flexibility index (Phi) is 2.32. The lowest BCUT2D eigenvalue weighted by Crippen LogP contribution is -1.83. The van der Waals surface area contributed by atoms with E-state index in [1.165, 1.54) is 0 Å². The summed E-state index contributed by atoms with van der Waals surface area (Å²) in [6.07, 6.45) is 4.55. The van der Waals surface area contributed by atoms with E-state index in [9.17, 15) is 4.79 Å². The lowest BCUT2D eigenvalue weighted by molar-refractivity contribution is 0.551. The summed E-state index contributed by atoms with van der Waals surface area (Å²) in [6, 6.07) is 0. The second-order valence-electron chi connectivity index (χ2n) is 1.54. The Morgan fingerprint density at radius 2 is 2.67 bits per heavy atom. The lowest BCUT2D eigenvalue weighted by atomic mass is 10.3. The first-order valence-corrected chi connectivity index (χ1v) is 3.28. The Balaban J connectivity index is 2.38. The molecule has 0 saturated heterocycles. The van der Waals surface area contributed by atoms with Gasteiger partial charge in [0.15, 0.2) is 6.29 Å². The molecule has 0 unspecified atom stereocenters. The third-order valence-electron chi connectivity index (χ3n) is 0.890. The van der Waals surface area contributed by atoms with Gasteiger partial charge in [-0.25, -0.2) is 0 Å². The van der Waals surface area contributed by atoms with Gasteiger partial charge >= 0.3 is 0 Å². The first-order chi connectivity index (χ1) is 4.43. The summed E-state index contributed by atoms with van der Waals surface area (Å²) < 4.78 is 7.68. The number of hydrogen-bond acceptors (Lipinski definition) is 4. The van der Waals surface area contributed by atoms with Crippen LogP contribution in [0.15, 0.2) is 6.20 Å². The molecule has 0 aliphatic rings. The summed E-state index contributed by atoms with van der Waals surface area (Å²) in [5.74, 6) is 0. The summed E-state index contributed by atoms with van der Waals surface area (Å²) in [4.78, 5) is 9.73. The predicted octanol–water partition coefficient (Wildman–Crippen LogP) is 0.580. The van der Waals surface area contributed by atoms with Gasteiger partial charge in [-0.1, -0.05) is 0 Å². The minimum Gasteiger partial charge on any atom is -0.291 e. The Bertz CT molecular complexity index is 173. The quantitative estimate of drug-likeness (QED) is 0.618. The number of hydrogen-bond donors (Lipinski definition) is 0. The highest BCUT2D eigenvalue weighted by Crippen LogP contribution is 1.96. The van der Waals surface area contributed by atoms with E-state index in [0.29, 0.717) is 12.8 Å². The molecule has 0 aliphatic heterocycles. The van der Waals surface area contributed by atoms with Crippen molar-refractivity contribution in [2.24, 2.45) is 0 Å². The van der Waals surface area contributed by atoms with E-state index in [1.54, 1.807) is 12.5 Å². The third-order valence-corrected chi connectivity index (χ3v) is 1.41. The van der Waals surface area contributed by atoms with Crippen LogP contribution < -0.4 is 0 Å². The summed E-state index contributed by atoms with van der Waals surface area (Å²) in [5.41, 5.74) is 0.878. The zero-order chi connectivity index (χ0) is 6.53. The Labute approximate surface area is 57.0 Å². The molecule has 0 bridgehead atoms. The van der Waals surface area contributed by atoms with Crippen molar-refractivity contribution >= 4 is 18.0 Å². The fourth-order valence-electron chi connectivity index (χ4n) is 0.473. The van der Waals surface area contributed by atoms with Crippen LogP contribution in [0.1, 0.15) is 12.1 Å². The van der Waals surface area contributed by atoms with Gasteiger partial charge in [0.05, 0.1) is 23.6 Å². The highest BCUT2D eigenvalue weighted by molar-refractivity contribution is 6.99. The van der Waals surface area contributed by atoms with E-state index < -0.39 is 0 Å². The van der Waals surface area contributed by atoms with Crippen molar-refractivity contribution < 1.29 is 4.79 Å². The normalized spacial score (nSPS) is 9.33. The molecule has 1 rings (SSSR count). The van der Waals surface area contributed by atoms with Crippen molar-refractivity contribution in [3.05, 3.63) is 11.9 Å². The fraction of sp³-hybridized carbons (Fsp3) is 0.400. The average Bonchev–Trinajstić information content (AvgIpc) is 2.34. The Hall–Kier alpha value is -0.770. The number of aromatic nitrogens is 2. The van der Waals surface area contributed by atoms with Crippen molar-refractivity contribution in [2.75, 3.05) is 0 Å². The fourth-order valence-corrected chi connectivity index (χ4v) is 0.933. The second kappa shape index (κ2) is 3.29. The van der Waals surface area contributed by atoms with E-state index in [0.717, 1.165) is 17.4 Å². The van der Waals surface area contributed by atoms with Gasteiger partial charge in [-0.2, -0.15) is 8.75 Å². The first kappa shape index (κ1) is 6.35. The standard InChI is InChI=1S/C5H5N2OS/c8-3-1-2-5-4-6-9-7-5/h4H,1-2H2. The molecule has 1 aromatic heterocycles. The molecule has 0 amide bonds. The summed E-state index contributed by atoms with van der Waals surface area (Å²) in [5, 5.41) is 0. The Morgan fingerprint density at radius 3 is 3.22 bits per heavy atom. The average molecular weight is 141 g/mol. The zero-order valence-corrected chi connectivity index (χ0v) is 5.52. The summed E-state index contributed by atoms with van der Waals surface area (Å²) in [6.45, 7) is 0. The van der Waals surface area contributed by atoms with Crippen molar-refractivity contribution in [2.45, 2.75) is 12.8 Å². The van der Waals surface area contributed by atoms with Gasteiger partial charge < -0.3 is 0 Å². The molecule has 9 heavy (non-hydrogen) atoms. The molecule has 0 atom stereocenters. The molecule has 1 radical (unpaired) electrons. The molecule has 0 fully saturated rings. The summed E-state index contributed by atoms with van der Waals surface area (Å²) in [7, 11) is 0. The summed E-state index contributed by atoms with van der Waals surface area (Å²) >= 11 is 1.16. The molecule has 0 saturated carbocycles. The van der Waals surface area contributed by atoms with Crippen LogP contribution in [-0.4, -0.2) is 15.0 Å². The molecule has 1 aromatic rings. The monoisotopic (exact) mass is 141 g/mol.